The van der Waals surface area contributed by atoms with Crippen LogP contribution in [-0.2, 0) is 0 Å². The molecule has 3 rings (SSSR count). The maximum Gasteiger partial charge on any atom is 0.0735 e. The maximum atomic E-state index is 3.74. The van der Waals surface area contributed by atoms with Gasteiger partial charge >= 0.3 is 0 Å². The molecule has 2 aromatic rings. The average Bonchev–Trinajstić information content (AvgIpc) is 2.88. The van der Waals surface area contributed by atoms with Crippen LogP contribution in [0.4, 0.5) is 0 Å². The second-order valence-corrected chi connectivity index (χ2v) is 7.00. The molecule has 2 nitrogen and oxygen atoms in total. The van der Waals surface area contributed by atoms with Crippen molar-refractivity contribution >= 4 is 22.7 Å². The summed E-state index contributed by atoms with van der Waals surface area (Å²) in [5.74, 6) is 0. The SMILES string of the molecule is CCCNC1CCCCC1Sc1cc2ccccc2[nH]1. The molecule has 1 fully saturated rings. The fraction of sp³-hybridized carbons (Fsp3) is 0.529. The van der Waals surface area contributed by atoms with Crippen molar-refractivity contribution in [1.82, 2.24) is 10.3 Å². The van der Waals surface area contributed by atoms with Crippen molar-refractivity contribution in [2.24, 2.45) is 0 Å². The summed E-state index contributed by atoms with van der Waals surface area (Å²) < 4.78 is 0. The molecule has 2 unspecified atom stereocenters. The molecule has 1 saturated carbocycles. The molecule has 2 atom stereocenters. The zero-order valence-electron chi connectivity index (χ0n) is 12.2. The van der Waals surface area contributed by atoms with Gasteiger partial charge in [0.25, 0.3) is 0 Å². The number of nitrogens with one attached hydrogen (secondary N) is 2. The Morgan fingerprint density at radius 1 is 1.25 bits per heavy atom. The number of hydrogen-bond acceptors (Lipinski definition) is 2. The van der Waals surface area contributed by atoms with E-state index in [1.54, 1.807) is 0 Å². The Bertz CT molecular complexity index is 516. The third-order valence-corrected chi connectivity index (χ3v) is 5.48. The predicted molar refractivity (Wildman–Crippen MR) is 88.5 cm³/mol. The van der Waals surface area contributed by atoms with Gasteiger partial charge in [0.05, 0.1) is 5.03 Å². The number of H-pyrrole nitrogens is 1. The minimum absolute atomic E-state index is 0.681. The predicted octanol–water partition coefficient (Wildman–Crippen LogP) is 4.57. The molecule has 1 aliphatic rings. The van der Waals surface area contributed by atoms with Crippen LogP contribution in [0.1, 0.15) is 39.0 Å². The second-order valence-electron chi connectivity index (χ2n) is 5.72. The van der Waals surface area contributed by atoms with E-state index in [-0.39, 0.29) is 0 Å². The number of para-hydroxylation sites is 1. The number of hydrogen-bond donors (Lipinski definition) is 2. The van der Waals surface area contributed by atoms with Crippen LogP contribution in [0, 0.1) is 0 Å². The molecule has 0 spiro atoms. The number of rotatable bonds is 5. The first-order valence-electron chi connectivity index (χ1n) is 7.84. The first kappa shape index (κ1) is 14.0. The highest BCUT2D eigenvalue weighted by atomic mass is 32.2. The van der Waals surface area contributed by atoms with Crippen LogP contribution in [-0.4, -0.2) is 22.8 Å². The van der Waals surface area contributed by atoms with Crippen LogP contribution in [0.5, 0.6) is 0 Å². The molecule has 0 bridgehead atoms. The van der Waals surface area contributed by atoms with Gasteiger partial charge in [0.1, 0.15) is 0 Å². The Balaban J connectivity index is 1.70. The third kappa shape index (κ3) is 3.21. The first-order valence-corrected chi connectivity index (χ1v) is 8.72. The van der Waals surface area contributed by atoms with E-state index >= 15 is 0 Å². The smallest absolute Gasteiger partial charge is 0.0735 e. The van der Waals surface area contributed by atoms with E-state index in [1.807, 2.05) is 11.8 Å². The molecule has 1 heterocycles. The van der Waals surface area contributed by atoms with Crippen LogP contribution >= 0.6 is 11.8 Å². The van der Waals surface area contributed by atoms with Crippen LogP contribution < -0.4 is 5.32 Å². The molecule has 1 aliphatic carbocycles. The number of aromatic amines is 1. The van der Waals surface area contributed by atoms with Crippen molar-refractivity contribution < 1.29 is 0 Å². The average molecular weight is 288 g/mol. The van der Waals surface area contributed by atoms with Gasteiger partial charge in [0, 0.05) is 22.2 Å². The van der Waals surface area contributed by atoms with Crippen LogP contribution in [0.15, 0.2) is 35.4 Å². The summed E-state index contributed by atoms with van der Waals surface area (Å²) in [4.78, 5) is 3.55. The number of benzene rings is 1. The lowest BCUT2D eigenvalue weighted by atomic mass is 9.95. The molecular formula is C17H24N2S. The topological polar surface area (TPSA) is 27.8 Å². The Morgan fingerprint density at radius 3 is 2.95 bits per heavy atom. The van der Waals surface area contributed by atoms with Gasteiger partial charge in [-0.2, -0.15) is 0 Å². The summed E-state index contributed by atoms with van der Waals surface area (Å²) in [7, 11) is 0. The van der Waals surface area contributed by atoms with Gasteiger partial charge in [-0.3, -0.25) is 0 Å². The number of aromatic nitrogens is 1. The number of thioether (sulfide) groups is 1. The summed E-state index contributed by atoms with van der Waals surface area (Å²) in [6.45, 7) is 3.39. The van der Waals surface area contributed by atoms with E-state index in [1.165, 1.54) is 48.0 Å². The summed E-state index contributed by atoms with van der Waals surface area (Å²) in [6.07, 6.45) is 6.65. The lowest BCUT2D eigenvalue weighted by Crippen LogP contribution is -2.40. The quantitative estimate of drug-likeness (QED) is 0.843. The van der Waals surface area contributed by atoms with Crippen molar-refractivity contribution in [3.8, 4) is 0 Å². The van der Waals surface area contributed by atoms with Gasteiger partial charge in [-0.25, -0.2) is 0 Å². The molecular weight excluding hydrogens is 264 g/mol. The van der Waals surface area contributed by atoms with Crippen molar-refractivity contribution in [1.29, 1.82) is 0 Å². The zero-order chi connectivity index (χ0) is 13.8. The molecule has 108 valence electrons. The Hall–Kier alpha value is -0.930. The summed E-state index contributed by atoms with van der Waals surface area (Å²) in [5.41, 5.74) is 1.25. The molecule has 0 saturated heterocycles. The molecule has 0 amide bonds. The zero-order valence-corrected chi connectivity index (χ0v) is 13.0. The molecule has 1 aromatic heterocycles. The summed E-state index contributed by atoms with van der Waals surface area (Å²) >= 11 is 2.03. The van der Waals surface area contributed by atoms with Crippen molar-refractivity contribution in [2.75, 3.05) is 6.54 Å². The normalized spacial score (nSPS) is 23.2. The molecule has 20 heavy (non-hydrogen) atoms. The van der Waals surface area contributed by atoms with Gasteiger partial charge in [-0.15, -0.1) is 11.8 Å². The van der Waals surface area contributed by atoms with Gasteiger partial charge in [0.15, 0.2) is 0 Å². The highest BCUT2D eigenvalue weighted by Crippen LogP contribution is 2.34. The molecule has 1 aromatic carbocycles. The van der Waals surface area contributed by atoms with Crippen LogP contribution in [0.2, 0.25) is 0 Å². The molecule has 0 aliphatic heterocycles. The van der Waals surface area contributed by atoms with Crippen molar-refractivity contribution in [2.45, 2.75) is 55.3 Å². The third-order valence-electron chi connectivity index (χ3n) is 4.14. The van der Waals surface area contributed by atoms with Gasteiger partial charge < -0.3 is 10.3 Å². The Morgan fingerprint density at radius 2 is 2.10 bits per heavy atom. The summed E-state index contributed by atoms with van der Waals surface area (Å²) in [6, 6.07) is 11.5. The van der Waals surface area contributed by atoms with Crippen LogP contribution in [0.25, 0.3) is 10.9 Å². The van der Waals surface area contributed by atoms with Gasteiger partial charge in [-0.1, -0.05) is 38.0 Å². The van der Waals surface area contributed by atoms with Gasteiger partial charge in [0.2, 0.25) is 0 Å². The van der Waals surface area contributed by atoms with Crippen molar-refractivity contribution in [3.05, 3.63) is 30.3 Å². The summed E-state index contributed by atoms with van der Waals surface area (Å²) in [5, 5.41) is 7.10. The fourth-order valence-electron chi connectivity index (χ4n) is 3.07. The molecule has 3 heteroatoms. The molecule has 0 radical (unpaired) electrons. The standard InChI is InChI=1S/C17H24N2S/c1-2-11-18-15-9-5-6-10-16(15)20-17-12-13-7-3-4-8-14(13)19-17/h3-4,7-8,12,15-16,18-19H,2,5-6,9-11H2,1H3. The number of fused-ring (bicyclic) bond motifs is 1. The van der Waals surface area contributed by atoms with Gasteiger partial charge in [-0.05, 0) is 37.9 Å². The van der Waals surface area contributed by atoms with E-state index in [0.29, 0.717) is 11.3 Å². The van der Waals surface area contributed by atoms with Crippen LogP contribution in [0.3, 0.4) is 0 Å². The largest absolute Gasteiger partial charge is 0.350 e. The van der Waals surface area contributed by atoms with E-state index < -0.39 is 0 Å². The highest BCUT2D eigenvalue weighted by Gasteiger charge is 2.25. The maximum absolute atomic E-state index is 3.74. The van der Waals surface area contributed by atoms with E-state index in [9.17, 15) is 0 Å². The lowest BCUT2D eigenvalue weighted by molar-refractivity contribution is 0.384. The van der Waals surface area contributed by atoms with E-state index in [2.05, 4.69) is 47.6 Å². The Kier molecular flexibility index (Phi) is 4.69. The Labute approximate surface area is 125 Å². The fourth-order valence-corrected chi connectivity index (χ4v) is 4.45. The minimum Gasteiger partial charge on any atom is -0.350 e. The second kappa shape index (κ2) is 6.68. The first-order chi connectivity index (χ1) is 9.86. The highest BCUT2D eigenvalue weighted by molar-refractivity contribution is 7.99. The van der Waals surface area contributed by atoms with E-state index in [4.69, 9.17) is 0 Å². The monoisotopic (exact) mass is 288 g/mol. The molecule has 2 N–H and O–H groups in total. The van der Waals surface area contributed by atoms with E-state index in [0.717, 1.165) is 6.54 Å². The van der Waals surface area contributed by atoms with Crippen molar-refractivity contribution in [3.63, 3.8) is 0 Å². The minimum atomic E-state index is 0.681. The lowest BCUT2D eigenvalue weighted by Gasteiger charge is -2.31.